The van der Waals surface area contributed by atoms with Gasteiger partial charge in [-0.1, -0.05) is 29.8 Å². The minimum absolute atomic E-state index is 0.200. The molecule has 1 atom stereocenters. The van der Waals surface area contributed by atoms with Crippen molar-refractivity contribution in [2.75, 3.05) is 5.32 Å². The van der Waals surface area contributed by atoms with Crippen LogP contribution in [-0.2, 0) is 16.0 Å². The number of carbonyl (C=O) groups excluding carboxylic acids is 2. The van der Waals surface area contributed by atoms with Crippen LogP contribution in [0.2, 0.25) is 0 Å². The molecule has 0 bridgehead atoms. The molecule has 25 heavy (non-hydrogen) atoms. The molecule has 0 aliphatic rings. The quantitative estimate of drug-likeness (QED) is 0.752. The zero-order chi connectivity index (χ0) is 18.4. The summed E-state index contributed by atoms with van der Waals surface area (Å²) in [6, 6.07) is 12.7. The molecule has 0 saturated heterocycles. The van der Waals surface area contributed by atoms with Crippen LogP contribution in [0.25, 0.3) is 0 Å². The van der Waals surface area contributed by atoms with Crippen LogP contribution < -0.4 is 10.6 Å². The van der Waals surface area contributed by atoms with Crippen molar-refractivity contribution in [3.63, 3.8) is 0 Å². The predicted octanol–water partition coefficient (Wildman–Crippen LogP) is 2.38. The fourth-order valence-electron chi connectivity index (χ4n) is 2.31. The van der Waals surface area contributed by atoms with E-state index in [1.807, 2.05) is 31.2 Å². The number of carboxylic acids is 1. The molecule has 0 radical (unpaired) electrons. The molecular weight excluding hydrogens is 320 g/mol. The molecule has 6 nitrogen and oxygen atoms in total. The number of carbonyl (C=O) groups is 3. The number of hydrogen-bond acceptors (Lipinski definition) is 3. The Morgan fingerprint density at radius 2 is 1.60 bits per heavy atom. The van der Waals surface area contributed by atoms with Crippen molar-refractivity contribution in [1.29, 1.82) is 0 Å². The summed E-state index contributed by atoms with van der Waals surface area (Å²) in [6.45, 7) is 3.34. The standard InChI is InChI=1S/C19H20N2O4/c1-12-3-5-14(6-4-12)11-17(19(24)25)21-18(23)15-7-9-16(10-8-15)20-13(2)22/h3-10,17H,11H2,1-2H3,(H,20,22)(H,21,23)(H,24,25)/t17-/m0/s1. The second-order valence-electron chi connectivity index (χ2n) is 5.81. The minimum atomic E-state index is -1.09. The molecule has 2 amide bonds. The van der Waals surface area contributed by atoms with Crippen LogP contribution in [0.15, 0.2) is 48.5 Å². The molecule has 0 spiro atoms. The van der Waals surface area contributed by atoms with Crippen LogP contribution in [0.5, 0.6) is 0 Å². The molecule has 2 aromatic carbocycles. The molecule has 0 fully saturated rings. The zero-order valence-electron chi connectivity index (χ0n) is 14.1. The predicted molar refractivity (Wildman–Crippen MR) is 94.5 cm³/mol. The summed E-state index contributed by atoms with van der Waals surface area (Å²) >= 11 is 0. The second-order valence-corrected chi connectivity index (χ2v) is 5.81. The molecule has 6 heteroatoms. The van der Waals surface area contributed by atoms with Crippen molar-refractivity contribution in [1.82, 2.24) is 5.32 Å². The van der Waals surface area contributed by atoms with E-state index in [1.54, 1.807) is 12.1 Å². The van der Waals surface area contributed by atoms with E-state index in [4.69, 9.17) is 0 Å². The molecule has 0 aromatic heterocycles. The molecule has 0 aliphatic carbocycles. The topological polar surface area (TPSA) is 95.5 Å². The third-order valence-corrected chi connectivity index (χ3v) is 3.63. The van der Waals surface area contributed by atoms with E-state index in [0.717, 1.165) is 11.1 Å². The summed E-state index contributed by atoms with van der Waals surface area (Å²) in [6.07, 6.45) is 0.200. The molecule has 2 aromatic rings. The van der Waals surface area contributed by atoms with Gasteiger partial charge >= 0.3 is 5.97 Å². The monoisotopic (exact) mass is 340 g/mol. The summed E-state index contributed by atoms with van der Waals surface area (Å²) in [5, 5.41) is 14.5. The first-order valence-corrected chi connectivity index (χ1v) is 7.82. The molecule has 0 aliphatic heterocycles. The van der Waals surface area contributed by atoms with Crippen molar-refractivity contribution in [2.24, 2.45) is 0 Å². The molecule has 3 N–H and O–H groups in total. The van der Waals surface area contributed by atoms with Gasteiger partial charge in [0.15, 0.2) is 0 Å². The van der Waals surface area contributed by atoms with Gasteiger partial charge in [-0.05, 0) is 36.8 Å². The van der Waals surface area contributed by atoms with Gasteiger partial charge in [0.2, 0.25) is 5.91 Å². The van der Waals surface area contributed by atoms with E-state index in [9.17, 15) is 19.5 Å². The van der Waals surface area contributed by atoms with Gasteiger partial charge < -0.3 is 15.7 Å². The van der Waals surface area contributed by atoms with Gasteiger partial charge in [-0.2, -0.15) is 0 Å². The summed E-state index contributed by atoms with van der Waals surface area (Å²) in [5.41, 5.74) is 2.81. The molecule has 2 rings (SSSR count). The van der Waals surface area contributed by atoms with Crippen LogP contribution in [0, 0.1) is 6.92 Å². The van der Waals surface area contributed by atoms with E-state index in [1.165, 1.54) is 19.1 Å². The average molecular weight is 340 g/mol. The maximum absolute atomic E-state index is 12.3. The van der Waals surface area contributed by atoms with Gasteiger partial charge in [0.1, 0.15) is 6.04 Å². The Kier molecular flexibility index (Phi) is 5.89. The van der Waals surface area contributed by atoms with Crippen LogP contribution in [0.3, 0.4) is 0 Å². The van der Waals surface area contributed by atoms with Gasteiger partial charge in [-0.25, -0.2) is 4.79 Å². The highest BCUT2D eigenvalue weighted by Crippen LogP contribution is 2.11. The van der Waals surface area contributed by atoms with Crippen molar-refractivity contribution in [3.8, 4) is 0 Å². The van der Waals surface area contributed by atoms with Gasteiger partial charge in [0.25, 0.3) is 5.91 Å². The van der Waals surface area contributed by atoms with Gasteiger partial charge in [-0.15, -0.1) is 0 Å². The lowest BCUT2D eigenvalue weighted by atomic mass is 10.0. The molecule has 0 heterocycles. The summed E-state index contributed by atoms with van der Waals surface area (Å²) < 4.78 is 0. The molecule has 130 valence electrons. The Balaban J connectivity index is 2.05. The highest BCUT2D eigenvalue weighted by Gasteiger charge is 2.21. The lowest BCUT2D eigenvalue weighted by molar-refractivity contribution is -0.139. The summed E-state index contributed by atoms with van der Waals surface area (Å²) in [5.74, 6) is -1.78. The number of carboxylic acid groups (broad SMARTS) is 1. The van der Waals surface area contributed by atoms with E-state index < -0.39 is 17.9 Å². The maximum atomic E-state index is 12.3. The number of rotatable bonds is 6. The number of amides is 2. The number of aryl methyl sites for hydroxylation is 1. The highest BCUT2D eigenvalue weighted by atomic mass is 16.4. The van der Waals surface area contributed by atoms with Gasteiger partial charge in [0, 0.05) is 24.6 Å². The smallest absolute Gasteiger partial charge is 0.326 e. The van der Waals surface area contributed by atoms with Gasteiger partial charge in [-0.3, -0.25) is 9.59 Å². The molecule has 0 saturated carbocycles. The van der Waals surface area contributed by atoms with E-state index in [0.29, 0.717) is 11.3 Å². The Hall–Kier alpha value is -3.15. The summed E-state index contributed by atoms with van der Waals surface area (Å²) in [4.78, 5) is 34.7. The third kappa shape index (κ3) is 5.46. The fraction of sp³-hybridized carbons (Fsp3) is 0.211. The normalized spacial score (nSPS) is 11.4. The van der Waals surface area contributed by atoms with E-state index >= 15 is 0 Å². The summed E-state index contributed by atoms with van der Waals surface area (Å²) in [7, 11) is 0. The van der Waals surface area contributed by atoms with Crippen molar-refractivity contribution >= 4 is 23.5 Å². The van der Waals surface area contributed by atoms with Crippen molar-refractivity contribution in [3.05, 3.63) is 65.2 Å². The highest BCUT2D eigenvalue weighted by molar-refractivity contribution is 5.97. The molecular formula is C19H20N2O4. The van der Waals surface area contributed by atoms with Crippen molar-refractivity contribution in [2.45, 2.75) is 26.3 Å². The number of hydrogen-bond donors (Lipinski definition) is 3. The largest absolute Gasteiger partial charge is 0.480 e. The SMILES string of the molecule is CC(=O)Nc1ccc(C(=O)N[C@@H](Cc2ccc(C)cc2)C(=O)O)cc1. The first-order valence-electron chi connectivity index (χ1n) is 7.82. The van der Waals surface area contributed by atoms with E-state index in [-0.39, 0.29) is 12.3 Å². The second kappa shape index (κ2) is 8.10. The fourth-order valence-corrected chi connectivity index (χ4v) is 2.31. The zero-order valence-corrected chi connectivity index (χ0v) is 14.1. The maximum Gasteiger partial charge on any atom is 0.326 e. The number of aliphatic carboxylic acids is 1. The number of nitrogens with one attached hydrogen (secondary N) is 2. The first kappa shape index (κ1) is 18.2. The lowest BCUT2D eigenvalue weighted by Crippen LogP contribution is -2.42. The number of benzene rings is 2. The Bertz CT molecular complexity index is 767. The van der Waals surface area contributed by atoms with Crippen molar-refractivity contribution < 1.29 is 19.5 Å². The van der Waals surface area contributed by atoms with E-state index in [2.05, 4.69) is 10.6 Å². The Morgan fingerprint density at radius 1 is 1.00 bits per heavy atom. The average Bonchev–Trinajstić information content (AvgIpc) is 2.56. The lowest BCUT2D eigenvalue weighted by Gasteiger charge is -2.15. The number of anilines is 1. The minimum Gasteiger partial charge on any atom is -0.480 e. The van der Waals surface area contributed by atoms with Crippen LogP contribution in [-0.4, -0.2) is 28.9 Å². The van der Waals surface area contributed by atoms with Crippen LogP contribution in [0.1, 0.15) is 28.4 Å². The molecule has 0 unspecified atom stereocenters. The first-order chi connectivity index (χ1) is 11.8. The van der Waals surface area contributed by atoms with Gasteiger partial charge in [0.05, 0.1) is 0 Å². The van der Waals surface area contributed by atoms with Crippen LogP contribution >= 0.6 is 0 Å². The third-order valence-electron chi connectivity index (χ3n) is 3.63. The Labute approximate surface area is 145 Å². The van der Waals surface area contributed by atoms with Crippen LogP contribution in [0.4, 0.5) is 5.69 Å². The Morgan fingerprint density at radius 3 is 2.12 bits per heavy atom.